The quantitative estimate of drug-likeness (QED) is 0.856. The molecule has 0 saturated carbocycles. The molecule has 2 N–H and O–H groups in total. The number of likely N-dealkylation sites (tertiary alicyclic amines) is 1. The van der Waals surface area contributed by atoms with Crippen LogP contribution in [0.4, 0.5) is 0 Å². The summed E-state index contributed by atoms with van der Waals surface area (Å²) < 4.78 is 1.72. The third-order valence-corrected chi connectivity index (χ3v) is 5.08. The number of carbonyl (C=O) groups excluding carboxylic acids is 1. The summed E-state index contributed by atoms with van der Waals surface area (Å²) in [5.74, 6) is 0.408. The zero-order valence-corrected chi connectivity index (χ0v) is 15.2. The maximum absolute atomic E-state index is 12.9. The number of carbonyl (C=O) groups is 1. The van der Waals surface area contributed by atoms with Gasteiger partial charge in [0.2, 0.25) is 0 Å². The Bertz CT molecular complexity index is 723. The van der Waals surface area contributed by atoms with E-state index in [1.54, 1.807) is 10.7 Å². The van der Waals surface area contributed by atoms with Crippen LogP contribution in [0.5, 0.6) is 0 Å². The fourth-order valence-electron chi connectivity index (χ4n) is 3.46. The lowest BCUT2D eigenvalue weighted by Crippen LogP contribution is -2.42. The summed E-state index contributed by atoms with van der Waals surface area (Å²) in [6.07, 6.45) is 7.56. The predicted octanol–water partition coefficient (Wildman–Crippen LogP) is 1.38. The Kier molecular flexibility index (Phi) is 5.65. The van der Waals surface area contributed by atoms with Crippen molar-refractivity contribution in [3.8, 4) is 0 Å². The number of hydrogen-bond acceptors (Lipinski definition) is 5. The first-order chi connectivity index (χ1) is 12.2. The molecule has 1 atom stereocenters. The molecule has 1 saturated heterocycles. The summed E-state index contributed by atoms with van der Waals surface area (Å²) in [4.78, 5) is 21.6. The molecule has 0 bridgehead atoms. The molecule has 25 heavy (non-hydrogen) atoms. The van der Waals surface area contributed by atoms with Crippen molar-refractivity contribution in [3.05, 3.63) is 29.7 Å². The fourth-order valence-corrected chi connectivity index (χ4v) is 3.46. The van der Waals surface area contributed by atoms with Crippen molar-refractivity contribution in [1.82, 2.24) is 24.4 Å². The topological polar surface area (TPSA) is 79.8 Å². The van der Waals surface area contributed by atoms with Gasteiger partial charge in [0.15, 0.2) is 5.65 Å². The molecular weight excluding hydrogens is 316 g/mol. The van der Waals surface area contributed by atoms with Crippen LogP contribution < -0.4 is 5.73 Å². The van der Waals surface area contributed by atoms with Crippen LogP contribution in [0.3, 0.4) is 0 Å². The highest BCUT2D eigenvalue weighted by Crippen LogP contribution is 2.19. The van der Waals surface area contributed by atoms with Crippen molar-refractivity contribution >= 4 is 11.6 Å². The van der Waals surface area contributed by atoms with Crippen LogP contribution >= 0.6 is 0 Å². The Morgan fingerprint density at radius 1 is 1.36 bits per heavy atom. The number of aromatic nitrogens is 3. The fraction of sp³-hybridized carbons (Fsp3) is 0.611. The monoisotopic (exact) mass is 344 g/mol. The lowest BCUT2D eigenvalue weighted by atomic mass is 9.98. The van der Waals surface area contributed by atoms with E-state index in [1.807, 2.05) is 17.3 Å². The van der Waals surface area contributed by atoms with Gasteiger partial charge in [-0.1, -0.05) is 13.8 Å². The molecule has 0 aliphatic carbocycles. The molecule has 7 nitrogen and oxygen atoms in total. The summed E-state index contributed by atoms with van der Waals surface area (Å²) in [6, 6.07) is 0. The molecule has 3 rings (SSSR count). The van der Waals surface area contributed by atoms with E-state index in [4.69, 9.17) is 5.73 Å². The smallest absolute Gasteiger partial charge is 0.259 e. The number of hydrogen-bond donors (Lipinski definition) is 1. The number of piperidine rings is 1. The second-order valence-electron chi connectivity index (χ2n) is 6.75. The van der Waals surface area contributed by atoms with Gasteiger partial charge in [-0.2, -0.15) is 5.10 Å². The SMILES string of the molecule is CCN(CC)Cc1cnc2c(C(=O)N3CCCC(CN)C3)cnn2c1. The van der Waals surface area contributed by atoms with E-state index in [-0.39, 0.29) is 5.91 Å². The van der Waals surface area contributed by atoms with E-state index < -0.39 is 0 Å². The van der Waals surface area contributed by atoms with Gasteiger partial charge in [0.25, 0.3) is 5.91 Å². The lowest BCUT2D eigenvalue weighted by molar-refractivity contribution is 0.0680. The van der Waals surface area contributed by atoms with Gasteiger partial charge in [0.05, 0.1) is 6.20 Å². The molecule has 2 aromatic heterocycles. The van der Waals surface area contributed by atoms with Gasteiger partial charge in [-0.15, -0.1) is 0 Å². The van der Waals surface area contributed by atoms with E-state index in [0.29, 0.717) is 23.7 Å². The minimum atomic E-state index is 0.0112. The van der Waals surface area contributed by atoms with Crippen molar-refractivity contribution in [2.24, 2.45) is 11.7 Å². The third-order valence-electron chi connectivity index (χ3n) is 5.08. The van der Waals surface area contributed by atoms with Crippen LogP contribution in [-0.2, 0) is 6.54 Å². The Labute approximate surface area is 148 Å². The van der Waals surface area contributed by atoms with E-state index in [2.05, 4.69) is 28.8 Å². The molecule has 1 unspecified atom stereocenters. The van der Waals surface area contributed by atoms with Crippen LogP contribution in [0.25, 0.3) is 5.65 Å². The maximum atomic E-state index is 12.9. The van der Waals surface area contributed by atoms with Gasteiger partial charge in [-0.3, -0.25) is 9.69 Å². The average molecular weight is 344 g/mol. The molecule has 1 amide bonds. The van der Waals surface area contributed by atoms with Crippen molar-refractivity contribution in [3.63, 3.8) is 0 Å². The van der Waals surface area contributed by atoms with Crippen molar-refractivity contribution in [2.75, 3.05) is 32.7 Å². The molecule has 3 heterocycles. The van der Waals surface area contributed by atoms with E-state index in [0.717, 1.165) is 51.1 Å². The first-order valence-electron chi connectivity index (χ1n) is 9.20. The highest BCUT2D eigenvalue weighted by atomic mass is 16.2. The molecule has 2 aromatic rings. The third kappa shape index (κ3) is 3.82. The minimum absolute atomic E-state index is 0.0112. The Balaban J connectivity index is 1.79. The molecule has 1 fully saturated rings. The molecular formula is C18H28N6O. The van der Waals surface area contributed by atoms with Crippen LogP contribution in [0, 0.1) is 5.92 Å². The maximum Gasteiger partial charge on any atom is 0.259 e. The summed E-state index contributed by atoms with van der Waals surface area (Å²) >= 11 is 0. The zero-order valence-electron chi connectivity index (χ0n) is 15.2. The minimum Gasteiger partial charge on any atom is -0.338 e. The molecule has 0 aromatic carbocycles. The first-order valence-corrected chi connectivity index (χ1v) is 9.20. The number of nitrogens with two attached hydrogens (primary N) is 1. The summed E-state index contributed by atoms with van der Waals surface area (Å²) in [5.41, 5.74) is 8.08. The second-order valence-corrected chi connectivity index (χ2v) is 6.75. The number of rotatable bonds is 6. The molecule has 0 spiro atoms. The standard InChI is InChI=1S/C18H28N6O/c1-3-22(4-2)11-15-9-20-17-16(10-21-24(17)13-15)18(25)23-7-5-6-14(8-19)12-23/h9-10,13-14H,3-8,11-12,19H2,1-2H3. The van der Waals surface area contributed by atoms with Gasteiger partial charge < -0.3 is 10.6 Å². The molecule has 136 valence electrons. The Morgan fingerprint density at radius 3 is 2.88 bits per heavy atom. The zero-order chi connectivity index (χ0) is 17.8. The molecule has 0 radical (unpaired) electrons. The highest BCUT2D eigenvalue weighted by Gasteiger charge is 2.26. The van der Waals surface area contributed by atoms with E-state index in [9.17, 15) is 4.79 Å². The summed E-state index contributed by atoms with van der Waals surface area (Å²) in [5, 5.41) is 4.36. The molecule has 7 heteroatoms. The highest BCUT2D eigenvalue weighted by molar-refractivity contribution is 5.99. The lowest BCUT2D eigenvalue weighted by Gasteiger charge is -2.31. The normalized spacial score (nSPS) is 18.2. The second kappa shape index (κ2) is 7.93. The Morgan fingerprint density at radius 2 is 2.16 bits per heavy atom. The van der Waals surface area contributed by atoms with Gasteiger partial charge in [0, 0.05) is 37.6 Å². The summed E-state index contributed by atoms with van der Waals surface area (Å²) in [6.45, 7) is 9.26. The van der Waals surface area contributed by atoms with Crippen LogP contribution in [0.2, 0.25) is 0 Å². The summed E-state index contributed by atoms with van der Waals surface area (Å²) in [7, 11) is 0. The number of amides is 1. The molecule has 1 aliphatic heterocycles. The predicted molar refractivity (Wildman–Crippen MR) is 97.3 cm³/mol. The number of fused-ring (bicyclic) bond motifs is 1. The van der Waals surface area contributed by atoms with Crippen molar-refractivity contribution < 1.29 is 4.79 Å². The van der Waals surface area contributed by atoms with E-state index >= 15 is 0 Å². The van der Waals surface area contributed by atoms with Gasteiger partial charge in [-0.05, 0) is 38.4 Å². The van der Waals surface area contributed by atoms with Gasteiger partial charge >= 0.3 is 0 Å². The average Bonchev–Trinajstić information content (AvgIpc) is 3.08. The van der Waals surface area contributed by atoms with Crippen LogP contribution in [0.1, 0.15) is 42.6 Å². The molecule has 1 aliphatic rings. The van der Waals surface area contributed by atoms with Gasteiger partial charge in [-0.25, -0.2) is 9.50 Å². The van der Waals surface area contributed by atoms with Crippen molar-refractivity contribution in [2.45, 2.75) is 33.2 Å². The Hall–Kier alpha value is -1.99. The largest absolute Gasteiger partial charge is 0.338 e. The van der Waals surface area contributed by atoms with Crippen LogP contribution in [0.15, 0.2) is 18.6 Å². The first kappa shape index (κ1) is 17.8. The van der Waals surface area contributed by atoms with Gasteiger partial charge in [0.1, 0.15) is 5.56 Å². The van der Waals surface area contributed by atoms with Crippen molar-refractivity contribution in [1.29, 1.82) is 0 Å². The van der Waals surface area contributed by atoms with E-state index in [1.165, 1.54) is 0 Å². The van der Waals surface area contributed by atoms with Crippen LogP contribution in [-0.4, -0.2) is 63.0 Å². The number of nitrogens with zero attached hydrogens (tertiary/aromatic N) is 5.